The fourth-order valence-electron chi connectivity index (χ4n) is 4.56. The van der Waals surface area contributed by atoms with Crippen LogP contribution in [0.4, 0.5) is 0 Å². The fourth-order valence-corrected chi connectivity index (χ4v) is 12.1. The number of hydrogen-bond acceptors (Lipinski definition) is 1. The third kappa shape index (κ3) is 3.95. The zero-order chi connectivity index (χ0) is 22.6. The van der Waals surface area contributed by atoms with Crippen LogP contribution < -0.4 is 15.9 Å². The number of hydrogen-bond donors (Lipinski definition) is 0. The van der Waals surface area contributed by atoms with Crippen LogP contribution in [0.5, 0.6) is 0 Å². The van der Waals surface area contributed by atoms with Crippen molar-refractivity contribution >= 4 is 36.7 Å². The van der Waals surface area contributed by atoms with Gasteiger partial charge < -0.3 is 0 Å². The maximum absolute atomic E-state index is 4.96. The summed E-state index contributed by atoms with van der Waals surface area (Å²) >= 11 is 4.51. The van der Waals surface area contributed by atoms with Crippen molar-refractivity contribution in [2.24, 2.45) is 0 Å². The average molecular weight is 510 g/mol. The van der Waals surface area contributed by atoms with Crippen molar-refractivity contribution < 1.29 is 0 Å². The van der Waals surface area contributed by atoms with Gasteiger partial charge in [-0.1, -0.05) is 0 Å². The quantitative estimate of drug-likeness (QED) is 0.222. The van der Waals surface area contributed by atoms with E-state index in [9.17, 15) is 0 Å². The molecule has 5 rings (SSSR count). The number of halogens is 1. The van der Waals surface area contributed by atoms with Gasteiger partial charge in [-0.25, -0.2) is 0 Å². The van der Waals surface area contributed by atoms with Crippen LogP contribution in [0.15, 0.2) is 140 Å². The van der Waals surface area contributed by atoms with Crippen molar-refractivity contribution in [1.29, 1.82) is 0 Å². The Hall–Kier alpha value is -3.06. The molecule has 162 valence electrons. The van der Waals surface area contributed by atoms with Crippen LogP contribution in [0.3, 0.4) is 0 Å². The van der Waals surface area contributed by atoms with Crippen LogP contribution in [0.1, 0.15) is 5.69 Å². The van der Waals surface area contributed by atoms with Gasteiger partial charge >= 0.3 is 204 Å². The van der Waals surface area contributed by atoms with Crippen LogP contribution in [0.25, 0.3) is 11.1 Å². The molecular weight excluding hydrogens is 485 g/mol. The predicted molar refractivity (Wildman–Crippen MR) is 147 cm³/mol. The van der Waals surface area contributed by atoms with Gasteiger partial charge in [0.25, 0.3) is 0 Å². The molecule has 1 heterocycles. The van der Waals surface area contributed by atoms with Crippen LogP contribution in [-0.2, 0) is 6.16 Å². The Kier molecular flexibility index (Phi) is 5.98. The second-order valence-electron chi connectivity index (χ2n) is 8.25. The zero-order valence-electron chi connectivity index (χ0n) is 18.3. The molecule has 0 N–H and O–H groups in total. The first-order valence-electron chi connectivity index (χ1n) is 11.1. The normalized spacial score (nSPS) is 12.6. The molecule has 0 saturated heterocycles. The van der Waals surface area contributed by atoms with Gasteiger partial charge in [0.15, 0.2) is 0 Å². The molecule has 0 bridgehead atoms. The topological polar surface area (TPSA) is 12.9 Å². The summed E-state index contributed by atoms with van der Waals surface area (Å²) in [6.45, 7) is 0. The Morgan fingerprint density at radius 3 is 1.30 bits per heavy atom. The van der Waals surface area contributed by atoms with Gasteiger partial charge in [0.05, 0.1) is 0 Å². The molecule has 0 amide bonds. The molecule has 0 radical (unpaired) electrons. The third-order valence-corrected chi connectivity index (χ3v) is 15.8. The Balaban J connectivity index is 1.71. The van der Waals surface area contributed by atoms with Crippen molar-refractivity contribution in [3.05, 3.63) is 145 Å². The molecule has 0 unspecified atom stereocenters. The van der Waals surface area contributed by atoms with Gasteiger partial charge in [-0.3, -0.25) is 0 Å². The zero-order valence-corrected chi connectivity index (χ0v) is 20.7. The van der Waals surface area contributed by atoms with E-state index in [4.69, 9.17) is 4.98 Å². The van der Waals surface area contributed by atoms with E-state index >= 15 is 0 Å². The second-order valence-corrected chi connectivity index (χ2v) is 17.2. The van der Waals surface area contributed by atoms with E-state index in [0.29, 0.717) is 0 Å². The first-order valence-corrected chi connectivity index (χ1v) is 15.5. The molecule has 5 aromatic rings. The number of pyridine rings is 1. The van der Waals surface area contributed by atoms with Crippen LogP contribution >= 0.6 is 20.8 Å². The SMILES string of the molecule is BrP(Cc1ccc(-c2ccccc2)cn1)(c1ccccc1)(c1ccccc1)c1ccccc1. The molecule has 33 heavy (non-hydrogen) atoms. The molecule has 4 aromatic carbocycles. The van der Waals surface area contributed by atoms with E-state index in [1.54, 1.807) is 0 Å². The minimum absolute atomic E-state index is 0.790. The summed E-state index contributed by atoms with van der Waals surface area (Å²) in [5, 5.41) is 0.873. The van der Waals surface area contributed by atoms with E-state index in [-0.39, 0.29) is 0 Å². The minimum atomic E-state index is -3.03. The molecule has 3 heteroatoms. The summed E-state index contributed by atoms with van der Waals surface area (Å²) in [5.74, 6) is 0. The van der Waals surface area contributed by atoms with Gasteiger partial charge in [-0.15, -0.1) is 0 Å². The standard InChI is InChI=1S/C30H25BrNP/c31-33(28-15-7-2-8-16-28,29-17-9-3-10-18-29,30-19-11-4-12-20-30)24-27-22-21-26(23-32-27)25-13-5-1-6-14-25/h1-23H,24H2. The monoisotopic (exact) mass is 509 g/mol. The summed E-state index contributed by atoms with van der Waals surface area (Å²) in [4.78, 5) is 4.96. The summed E-state index contributed by atoms with van der Waals surface area (Å²) in [6, 6.07) is 47.4. The molecule has 1 nitrogen and oxygen atoms in total. The van der Waals surface area contributed by atoms with Crippen molar-refractivity contribution in [2.75, 3.05) is 0 Å². The molecule has 0 aliphatic carbocycles. The number of nitrogens with zero attached hydrogens (tertiary/aromatic N) is 1. The molecule has 0 aliphatic rings. The van der Waals surface area contributed by atoms with E-state index < -0.39 is 5.31 Å². The van der Waals surface area contributed by atoms with Crippen molar-refractivity contribution in [3.63, 3.8) is 0 Å². The van der Waals surface area contributed by atoms with Crippen LogP contribution in [0.2, 0.25) is 0 Å². The Bertz CT molecular complexity index is 1220. The maximum atomic E-state index is 4.96. The van der Waals surface area contributed by atoms with E-state index in [1.807, 2.05) is 12.3 Å². The fraction of sp³-hybridized carbons (Fsp3) is 0.0333. The summed E-state index contributed by atoms with van der Waals surface area (Å²) in [7, 11) is 0. The number of rotatable bonds is 6. The number of benzene rings is 4. The summed E-state index contributed by atoms with van der Waals surface area (Å²) < 4.78 is 0. The third-order valence-electron chi connectivity index (χ3n) is 6.27. The van der Waals surface area contributed by atoms with Gasteiger partial charge in [-0.2, -0.15) is 0 Å². The van der Waals surface area contributed by atoms with Crippen molar-refractivity contribution in [2.45, 2.75) is 6.16 Å². The first-order chi connectivity index (χ1) is 16.2. The van der Waals surface area contributed by atoms with E-state index in [1.165, 1.54) is 21.5 Å². The van der Waals surface area contributed by atoms with Crippen molar-refractivity contribution in [1.82, 2.24) is 4.98 Å². The molecule has 0 aliphatic heterocycles. The van der Waals surface area contributed by atoms with Gasteiger partial charge in [-0.05, 0) is 0 Å². The summed E-state index contributed by atoms with van der Waals surface area (Å²) in [6.07, 6.45) is 2.79. The van der Waals surface area contributed by atoms with Gasteiger partial charge in [0.1, 0.15) is 0 Å². The van der Waals surface area contributed by atoms with Gasteiger partial charge in [0.2, 0.25) is 0 Å². The molecule has 1 aromatic heterocycles. The first kappa shape index (κ1) is 21.8. The van der Waals surface area contributed by atoms with Crippen LogP contribution in [-0.4, -0.2) is 4.98 Å². The predicted octanol–water partition coefficient (Wildman–Crippen LogP) is 7.09. The Morgan fingerprint density at radius 2 is 0.909 bits per heavy atom. The molecule has 0 fully saturated rings. The second kappa shape index (κ2) is 9.06. The van der Waals surface area contributed by atoms with Crippen molar-refractivity contribution in [3.8, 4) is 11.1 Å². The Morgan fingerprint density at radius 1 is 0.485 bits per heavy atom. The molecule has 0 saturated carbocycles. The van der Waals surface area contributed by atoms with E-state index in [0.717, 1.165) is 17.4 Å². The molecular formula is C30H25BrNP. The molecule has 0 atom stereocenters. The van der Waals surface area contributed by atoms with Crippen LogP contribution in [0, 0.1) is 0 Å². The van der Waals surface area contributed by atoms with Gasteiger partial charge in [0, 0.05) is 0 Å². The Labute approximate surface area is 203 Å². The molecule has 0 spiro atoms. The number of aromatic nitrogens is 1. The van der Waals surface area contributed by atoms with E-state index in [2.05, 4.69) is 143 Å². The summed E-state index contributed by atoms with van der Waals surface area (Å²) in [5.41, 5.74) is 3.39. The average Bonchev–Trinajstić information content (AvgIpc) is 2.91.